The summed E-state index contributed by atoms with van der Waals surface area (Å²) in [6.45, 7) is 16.4. The fraction of sp³-hybridized carbons (Fsp3) is 0.625. The molecule has 1 aromatic rings. The molecule has 1 aromatic carbocycles. The van der Waals surface area contributed by atoms with Crippen molar-refractivity contribution in [3.05, 3.63) is 29.3 Å². The second kappa shape index (κ2) is 7.09. The van der Waals surface area contributed by atoms with Crippen LogP contribution < -0.4 is 5.46 Å². The molecular weight excluding hydrogens is 279 g/mol. The van der Waals surface area contributed by atoms with Crippen LogP contribution in [0.4, 0.5) is 0 Å². The minimum atomic E-state index is -1.70. The molecule has 0 unspecified atom stereocenters. The summed E-state index contributed by atoms with van der Waals surface area (Å²) in [5, 5.41) is 8.70. The van der Waals surface area contributed by atoms with E-state index in [9.17, 15) is 0 Å². The Morgan fingerprint density at radius 3 is 2.38 bits per heavy atom. The maximum atomic E-state index is 8.47. The van der Waals surface area contributed by atoms with E-state index in [1.165, 1.54) is 18.6 Å². The van der Waals surface area contributed by atoms with E-state index in [0.717, 1.165) is 12.1 Å². The maximum absolute atomic E-state index is 8.47. The molecule has 3 nitrogen and oxygen atoms in total. The molecule has 0 saturated heterocycles. The Labute approximate surface area is 131 Å². The molecule has 1 N–H and O–H groups in total. The quantitative estimate of drug-likeness (QED) is 0.493. The Kier molecular flexibility index (Phi) is 6.23. The molecule has 1 radical (unpaired) electrons. The van der Waals surface area contributed by atoms with Crippen LogP contribution in [0.15, 0.2) is 18.2 Å². The van der Waals surface area contributed by atoms with Gasteiger partial charge in [-0.2, -0.15) is 0 Å². The molecule has 0 aliphatic heterocycles. The molecule has 0 aromatic heterocycles. The second-order valence-electron chi connectivity index (χ2n) is 7.31. The van der Waals surface area contributed by atoms with Gasteiger partial charge in [-0.15, -0.1) is 0 Å². The largest absolute Gasteiger partial charge is 0.416 e. The van der Waals surface area contributed by atoms with Crippen LogP contribution in [0.25, 0.3) is 0 Å². The number of rotatable bonds is 6. The Balaban J connectivity index is 2.74. The van der Waals surface area contributed by atoms with E-state index in [1.807, 2.05) is 12.1 Å². The summed E-state index contributed by atoms with van der Waals surface area (Å²) in [6, 6.07) is 6.04. The average Bonchev–Trinajstić information content (AvgIpc) is 2.35. The van der Waals surface area contributed by atoms with E-state index < -0.39 is 8.32 Å². The van der Waals surface area contributed by atoms with Crippen molar-refractivity contribution < 1.29 is 14.5 Å². The first-order valence-electron chi connectivity index (χ1n) is 7.46. The van der Waals surface area contributed by atoms with Gasteiger partial charge in [0.05, 0.1) is 0 Å². The molecule has 0 fully saturated rings. The van der Waals surface area contributed by atoms with E-state index in [0.29, 0.717) is 5.92 Å². The maximum Gasteiger partial charge on any atom is 0.381 e. The van der Waals surface area contributed by atoms with Gasteiger partial charge in [0.15, 0.2) is 8.32 Å². The summed E-state index contributed by atoms with van der Waals surface area (Å²) >= 11 is 0. The lowest BCUT2D eigenvalue weighted by Gasteiger charge is -2.37. The predicted octanol–water partition coefficient (Wildman–Crippen LogP) is 3.85. The van der Waals surface area contributed by atoms with E-state index >= 15 is 0 Å². The van der Waals surface area contributed by atoms with Crippen LogP contribution >= 0.6 is 0 Å². The molecule has 0 aliphatic rings. The van der Waals surface area contributed by atoms with Gasteiger partial charge in [-0.3, -0.25) is 5.26 Å². The molecule has 0 saturated carbocycles. The lowest BCUT2D eigenvalue weighted by Crippen LogP contribution is -2.41. The van der Waals surface area contributed by atoms with Gasteiger partial charge in [-0.05, 0) is 41.6 Å². The summed E-state index contributed by atoms with van der Waals surface area (Å²) < 4.78 is 6.31. The van der Waals surface area contributed by atoms with Gasteiger partial charge in [-0.25, -0.2) is 0 Å². The van der Waals surface area contributed by atoms with Crippen LogP contribution in [0.1, 0.15) is 44.7 Å². The summed E-state index contributed by atoms with van der Waals surface area (Å²) in [4.78, 5) is 4.07. The predicted molar refractivity (Wildman–Crippen MR) is 91.8 cm³/mol. The number of aryl methyl sites for hydroxylation is 1. The van der Waals surface area contributed by atoms with Crippen molar-refractivity contribution in [2.24, 2.45) is 0 Å². The van der Waals surface area contributed by atoms with Crippen LogP contribution in [0.3, 0.4) is 0 Å². The Hall–Kier alpha value is -0.618. The van der Waals surface area contributed by atoms with Gasteiger partial charge >= 0.3 is 7.48 Å². The first-order chi connectivity index (χ1) is 9.58. The molecule has 0 amide bonds. The van der Waals surface area contributed by atoms with E-state index in [-0.39, 0.29) is 5.04 Å². The number of hydrogen-bond donors (Lipinski definition) is 1. The Morgan fingerprint density at radius 1 is 1.29 bits per heavy atom. The smallest absolute Gasteiger partial charge is 0.381 e. The fourth-order valence-electron chi connectivity index (χ4n) is 2.03. The monoisotopic (exact) mass is 307 g/mol. The zero-order valence-electron chi connectivity index (χ0n) is 14.4. The fourth-order valence-corrected chi connectivity index (χ4v) is 3.13. The van der Waals surface area contributed by atoms with Crippen LogP contribution in [0, 0.1) is 6.92 Å². The minimum absolute atomic E-state index is 0.235. The molecule has 21 heavy (non-hydrogen) atoms. The van der Waals surface area contributed by atoms with Crippen molar-refractivity contribution in [1.29, 1.82) is 0 Å². The molecule has 0 bridgehead atoms. The third kappa shape index (κ3) is 4.95. The van der Waals surface area contributed by atoms with Crippen molar-refractivity contribution in [1.82, 2.24) is 0 Å². The highest BCUT2D eigenvalue weighted by Gasteiger charge is 2.37. The van der Waals surface area contributed by atoms with Crippen LogP contribution in [-0.4, -0.2) is 27.7 Å². The highest BCUT2D eigenvalue weighted by molar-refractivity contribution is 6.74. The minimum Gasteiger partial charge on any atom is -0.416 e. The first kappa shape index (κ1) is 18.4. The summed E-state index contributed by atoms with van der Waals surface area (Å²) in [5.74, 6) is 0.350. The van der Waals surface area contributed by atoms with Crippen molar-refractivity contribution in [2.75, 3.05) is 6.61 Å². The zero-order valence-corrected chi connectivity index (χ0v) is 15.4. The van der Waals surface area contributed by atoms with Crippen LogP contribution in [0.5, 0.6) is 0 Å². The van der Waals surface area contributed by atoms with Crippen molar-refractivity contribution >= 4 is 21.3 Å². The summed E-state index contributed by atoms with van der Waals surface area (Å²) in [5.41, 5.74) is 3.33. The number of benzene rings is 1. The molecule has 0 heterocycles. The topological polar surface area (TPSA) is 38.7 Å². The molecule has 5 heteroatoms. The molecule has 0 aliphatic carbocycles. The second-order valence-corrected chi connectivity index (χ2v) is 12.1. The summed E-state index contributed by atoms with van der Waals surface area (Å²) in [6.07, 6.45) is 0. The SMILES string of the molecule is Cc1cc([B]OO)ccc1[C@@H](C)CO[Si](C)(C)C(C)(C)C. The first-order valence-corrected chi connectivity index (χ1v) is 10.4. The molecule has 117 valence electrons. The van der Waals surface area contributed by atoms with Crippen molar-refractivity contribution in [3.63, 3.8) is 0 Å². The van der Waals surface area contributed by atoms with Crippen LogP contribution in [0.2, 0.25) is 18.1 Å². The van der Waals surface area contributed by atoms with Crippen LogP contribution in [-0.2, 0) is 9.23 Å². The summed E-state index contributed by atoms with van der Waals surface area (Å²) in [7, 11) is -0.374. The lowest BCUT2D eigenvalue weighted by atomic mass is 9.84. The standard InChI is InChI=1S/C16H28BO3Si/c1-12-10-14(17-20-18)8-9-15(12)13(2)11-19-21(6,7)16(3,4)5/h8-10,13,18H,11H2,1-7H3/t13-/m0/s1. The Morgan fingerprint density at radius 2 is 1.90 bits per heavy atom. The Bertz CT molecular complexity index is 469. The lowest BCUT2D eigenvalue weighted by molar-refractivity contribution is -0.135. The number of hydrogen-bond acceptors (Lipinski definition) is 3. The normalized spacial score (nSPS) is 14.1. The highest BCUT2D eigenvalue weighted by atomic mass is 28.4. The third-order valence-electron chi connectivity index (χ3n) is 4.51. The van der Waals surface area contributed by atoms with Gasteiger partial charge in [0.25, 0.3) is 0 Å². The van der Waals surface area contributed by atoms with Gasteiger partial charge in [0, 0.05) is 12.5 Å². The molecule has 1 atom stereocenters. The highest BCUT2D eigenvalue weighted by Crippen LogP contribution is 2.37. The zero-order chi connectivity index (χ0) is 16.3. The van der Waals surface area contributed by atoms with E-state index in [4.69, 9.17) is 9.68 Å². The van der Waals surface area contributed by atoms with E-state index in [1.54, 1.807) is 0 Å². The molecular formula is C16H28BO3Si. The average molecular weight is 307 g/mol. The third-order valence-corrected chi connectivity index (χ3v) is 9.01. The van der Waals surface area contributed by atoms with Gasteiger partial charge in [0.2, 0.25) is 0 Å². The molecule has 1 rings (SSSR count). The van der Waals surface area contributed by atoms with Gasteiger partial charge in [-0.1, -0.05) is 45.9 Å². The van der Waals surface area contributed by atoms with Gasteiger partial charge < -0.3 is 9.23 Å². The van der Waals surface area contributed by atoms with E-state index in [2.05, 4.69) is 58.6 Å². The molecule has 0 spiro atoms. The van der Waals surface area contributed by atoms with Crippen molar-refractivity contribution in [2.45, 2.75) is 58.7 Å². The van der Waals surface area contributed by atoms with Gasteiger partial charge in [0.1, 0.15) is 0 Å². The van der Waals surface area contributed by atoms with Crippen molar-refractivity contribution in [3.8, 4) is 0 Å².